The van der Waals surface area contributed by atoms with Crippen molar-refractivity contribution in [2.24, 2.45) is 0 Å². The summed E-state index contributed by atoms with van der Waals surface area (Å²) in [4.78, 5) is 48.7. The maximum Gasteiger partial charge on any atom is 0.415 e. The van der Waals surface area contributed by atoms with Crippen molar-refractivity contribution in [3.05, 3.63) is 108 Å². The van der Waals surface area contributed by atoms with Crippen LogP contribution in [-0.2, 0) is 35.7 Å². The van der Waals surface area contributed by atoms with Crippen molar-refractivity contribution in [2.45, 2.75) is 18.7 Å². The molecule has 0 bridgehead atoms. The number of hydrogen-bond donors (Lipinski definition) is 2. The molecule has 0 saturated carbocycles. The van der Waals surface area contributed by atoms with Crippen LogP contribution in [0.5, 0.6) is 0 Å². The minimum Gasteiger partial charge on any atom is -0.459 e. The maximum atomic E-state index is 12.8. The molecule has 2 N–H and O–H groups in total. The van der Waals surface area contributed by atoms with E-state index in [9.17, 15) is 27.6 Å². The number of carbonyl (C=O) groups excluding carboxylic acids is 4. The van der Waals surface area contributed by atoms with Crippen molar-refractivity contribution in [2.75, 3.05) is 5.75 Å². The van der Waals surface area contributed by atoms with Gasteiger partial charge < -0.3 is 14.8 Å². The summed E-state index contributed by atoms with van der Waals surface area (Å²) in [5.41, 5.74) is 1.02. The van der Waals surface area contributed by atoms with Crippen LogP contribution in [0, 0.1) is 0 Å². The van der Waals surface area contributed by atoms with Gasteiger partial charge in [-0.25, -0.2) is 22.8 Å². The number of rotatable bonds is 11. The summed E-state index contributed by atoms with van der Waals surface area (Å²) in [6.07, 6.45) is 0.241. The maximum absolute atomic E-state index is 12.8. The van der Waals surface area contributed by atoms with Gasteiger partial charge in [-0.1, -0.05) is 78.9 Å². The molecule has 0 aromatic heterocycles. The quantitative estimate of drug-likeness (QED) is 0.288. The van der Waals surface area contributed by atoms with Gasteiger partial charge in [-0.15, -0.1) is 0 Å². The Morgan fingerprint density at radius 3 is 2.00 bits per heavy atom. The zero-order valence-electron chi connectivity index (χ0n) is 19.4. The van der Waals surface area contributed by atoms with E-state index >= 15 is 0 Å². The van der Waals surface area contributed by atoms with E-state index in [0.29, 0.717) is 11.1 Å². The lowest BCUT2D eigenvalue weighted by atomic mass is 10.1. The molecule has 2 atom stereocenters. The zero-order valence-corrected chi connectivity index (χ0v) is 20.2. The minimum atomic E-state index is -4.36. The molecular weight excluding hydrogens is 500 g/mol. The second-order valence-corrected chi connectivity index (χ2v) is 9.49. The number of benzene rings is 3. The van der Waals surface area contributed by atoms with Crippen LogP contribution in [0.15, 0.2) is 91.0 Å². The van der Waals surface area contributed by atoms with Gasteiger partial charge in [-0.2, -0.15) is 4.72 Å². The number of ether oxygens (including phenoxy) is 2. The Morgan fingerprint density at radius 1 is 0.838 bits per heavy atom. The monoisotopic (exact) mass is 523 g/mol. The summed E-state index contributed by atoms with van der Waals surface area (Å²) >= 11 is 0. The molecule has 0 spiro atoms. The van der Waals surface area contributed by atoms with E-state index in [2.05, 4.69) is 10.0 Å². The summed E-state index contributed by atoms with van der Waals surface area (Å²) in [6.45, 7) is -0.196. The fourth-order valence-electron chi connectivity index (χ4n) is 3.14. The highest BCUT2D eigenvalue weighted by atomic mass is 32.2. The van der Waals surface area contributed by atoms with Crippen LogP contribution in [0.2, 0.25) is 0 Å². The summed E-state index contributed by atoms with van der Waals surface area (Å²) in [6, 6.07) is 21.0. The molecule has 0 aliphatic heterocycles. The molecule has 3 aromatic rings. The molecule has 3 aromatic carbocycles. The molecule has 1 radical (unpaired) electrons. The SMILES string of the molecule is O=[C]C(NS(=O)(=O)CC(NC(=O)OC(=O)c1ccccc1)C(=O)OCc1ccccc1)c1ccccc1. The molecule has 37 heavy (non-hydrogen) atoms. The van der Waals surface area contributed by atoms with E-state index in [-0.39, 0.29) is 12.2 Å². The number of esters is 2. The summed E-state index contributed by atoms with van der Waals surface area (Å²) in [5, 5.41) is 2.07. The van der Waals surface area contributed by atoms with Gasteiger partial charge in [-0.05, 0) is 23.3 Å². The lowest BCUT2D eigenvalue weighted by molar-refractivity contribution is -0.146. The van der Waals surface area contributed by atoms with Gasteiger partial charge in [0.05, 0.1) is 11.3 Å². The van der Waals surface area contributed by atoms with E-state index in [1.165, 1.54) is 24.3 Å². The smallest absolute Gasteiger partial charge is 0.415 e. The average Bonchev–Trinajstić information content (AvgIpc) is 2.91. The Morgan fingerprint density at radius 2 is 1.41 bits per heavy atom. The van der Waals surface area contributed by atoms with E-state index < -0.39 is 45.9 Å². The molecule has 0 heterocycles. The number of carbonyl (C=O) groups is 3. The normalized spacial score (nSPS) is 12.5. The Labute approximate surface area is 213 Å². The van der Waals surface area contributed by atoms with Crippen molar-refractivity contribution < 1.29 is 37.1 Å². The number of amides is 1. The van der Waals surface area contributed by atoms with Crippen LogP contribution >= 0.6 is 0 Å². The molecule has 2 unspecified atom stereocenters. The highest BCUT2D eigenvalue weighted by Gasteiger charge is 2.31. The summed E-state index contributed by atoms with van der Waals surface area (Å²) < 4.78 is 37.7. The number of alkyl carbamates (subject to hydrolysis) is 1. The molecule has 3 rings (SSSR count). The fraction of sp³-hybridized carbons (Fsp3) is 0.154. The van der Waals surface area contributed by atoms with Crippen molar-refractivity contribution in [3.8, 4) is 0 Å². The summed E-state index contributed by atoms with van der Waals surface area (Å²) in [5.74, 6) is -3.10. The molecular formula is C26H23N2O8S. The Hall–Kier alpha value is -4.35. The van der Waals surface area contributed by atoms with Gasteiger partial charge in [0.25, 0.3) is 0 Å². The zero-order chi connectivity index (χ0) is 26.7. The molecule has 11 heteroatoms. The fourth-order valence-corrected chi connectivity index (χ4v) is 4.44. The third-order valence-electron chi connectivity index (χ3n) is 4.93. The van der Waals surface area contributed by atoms with Crippen LogP contribution in [0.4, 0.5) is 4.79 Å². The first-order valence-electron chi connectivity index (χ1n) is 11.0. The summed E-state index contributed by atoms with van der Waals surface area (Å²) in [7, 11) is -4.36. The first-order chi connectivity index (χ1) is 17.8. The van der Waals surface area contributed by atoms with E-state index in [1.54, 1.807) is 73.0 Å². The van der Waals surface area contributed by atoms with E-state index in [1.807, 2.05) is 0 Å². The highest BCUT2D eigenvalue weighted by molar-refractivity contribution is 7.89. The average molecular weight is 524 g/mol. The van der Waals surface area contributed by atoms with Crippen LogP contribution in [0.1, 0.15) is 27.5 Å². The molecule has 0 aliphatic rings. The third-order valence-corrected chi connectivity index (χ3v) is 6.30. The Kier molecular flexibility index (Phi) is 9.64. The molecule has 191 valence electrons. The second kappa shape index (κ2) is 13.1. The third kappa shape index (κ3) is 8.67. The van der Waals surface area contributed by atoms with Crippen LogP contribution in [0.3, 0.4) is 0 Å². The number of nitrogens with one attached hydrogen (secondary N) is 2. The lowest BCUT2D eigenvalue weighted by Gasteiger charge is -2.19. The topological polar surface area (TPSA) is 145 Å². The Bertz CT molecular complexity index is 1320. The lowest BCUT2D eigenvalue weighted by Crippen LogP contribution is -2.49. The predicted molar refractivity (Wildman–Crippen MR) is 132 cm³/mol. The second-order valence-electron chi connectivity index (χ2n) is 7.69. The largest absolute Gasteiger partial charge is 0.459 e. The molecule has 0 aliphatic carbocycles. The van der Waals surface area contributed by atoms with Gasteiger partial charge in [0.2, 0.25) is 16.3 Å². The Balaban J connectivity index is 1.73. The van der Waals surface area contributed by atoms with Crippen LogP contribution in [0.25, 0.3) is 0 Å². The van der Waals surface area contributed by atoms with Crippen molar-refractivity contribution >= 4 is 34.3 Å². The molecule has 0 saturated heterocycles. The van der Waals surface area contributed by atoms with Gasteiger partial charge in [0.15, 0.2) is 0 Å². The molecule has 1 amide bonds. The van der Waals surface area contributed by atoms with Gasteiger partial charge in [0.1, 0.15) is 18.7 Å². The minimum absolute atomic E-state index is 0.0716. The van der Waals surface area contributed by atoms with Crippen molar-refractivity contribution in [1.29, 1.82) is 0 Å². The van der Waals surface area contributed by atoms with Crippen molar-refractivity contribution in [1.82, 2.24) is 10.0 Å². The van der Waals surface area contributed by atoms with Crippen LogP contribution in [-0.4, -0.2) is 44.5 Å². The van der Waals surface area contributed by atoms with Gasteiger partial charge in [0, 0.05) is 0 Å². The standard InChI is InChI=1S/C26H23N2O8S/c29-16-22(20-12-6-2-7-13-20)28-37(33,34)18-23(25(31)35-17-19-10-4-1-5-11-19)27-26(32)36-24(30)21-14-8-3-9-15-21/h1-15,22-23,28H,17-18H2,(H,27,32). The van der Waals surface area contributed by atoms with E-state index in [0.717, 1.165) is 0 Å². The van der Waals surface area contributed by atoms with Crippen molar-refractivity contribution in [3.63, 3.8) is 0 Å². The molecule has 10 nitrogen and oxygen atoms in total. The molecule has 0 fully saturated rings. The van der Waals surface area contributed by atoms with Gasteiger partial charge >= 0.3 is 18.0 Å². The van der Waals surface area contributed by atoms with Gasteiger partial charge in [-0.3, -0.25) is 4.79 Å². The number of hydrogen-bond acceptors (Lipinski definition) is 8. The predicted octanol–water partition coefficient (Wildman–Crippen LogP) is 2.44. The van der Waals surface area contributed by atoms with Crippen LogP contribution < -0.4 is 10.0 Å². The first-order valence-corrected chi connectivity index (χ1v) is 12.6. The number of sulfonamides is 1. The highest BCUT2D eigenvalue weighted by Crippen LogP contribution is 2.12. The first kappa shape index (κ1) is 27.2. The van der Waals surface area contributed by atoms with E-state index in [4.69, 9.17) is 9.47 Å².